The van der Waals surface area contributed by atoms with Gasteiger partial charge in [-0.15, -0.1) is 0 Å². The third-order valence-electron chi connectivity index (χ3n) is 2.52. The molecular formula is C11H19N3O. The summed E-state index contributed by atoms with van der Waals surface area (Å²) in [6.45, 7) is 3.78. The van der Waals surface area contributed by atoms with Crippen LogP contribution in [-0.2, 0) is 4.79 Å². The van der Waals surface area contributed by atoms with Crippen LogP contribution in [0, 0.1) is 0 Å². The van der Waals surface area contributed by atoms with Gasteiger partial charge in [0.2, 0.25) is 0 Å². The van der Waals surface area contributed by atoms with Gasteiger partial charge in [-0.2, -0.15) is 15.0 Å². The standard InChI is InChI=1S/C11H19N3O/c1-3-4-5-6-7-11(10(2)15)14-12-8-9-13-14/h8-9,11H,3-7H2,1-2H3. The first-order chi connectivity index (χ1) is 7.25. The quantitative estimate of drug-likeness (QED) is 0.648. The van der Waals surface area contributed by atoms with E-state index < -0.39 is 0 Å². The molecule has 0 aromatic carbocycles. The largest absolute Gasteiger partial charge is 0.298 e. The molecule has 1 aromatic rings. The van der Waals surface area contributed by atoms with E-state index in [0.717, 1.165) is 12.8 Å². The molecule has 1 atom stereocenters. The van der Waals surface area contributed by atoms with Crippen molar-refractivity contribution in [2.45, 2.75) is 52.0 Å². The fourth-order valence-electron chi connectivity index (χ4n) is 1.63. The van der Waals surface area contributed by atoms with E-state index in [-0.39, 0.29) is 11.8 Å². The molecule has 1 heterocycles. The molecule has 0 aliphatic heterocycles. The van der Waals surface area contributed by atoms with Crippen LogP contribution in [0.1, 0.15) is 52.0 Å². The molecule has 0 aliphatic rings. The Hall–Kier alpha value is -1.19. The predicted octanol–water partition coefficient (Wildman–Crippen LogP) is 2.38. The third-order valence-corrected chi connectivity index (χ3v) is 2.52. The van der Waals surface area contributed by atoms with Crippen molar-refractivity contribution >= 4 is 5.78 Å². The molecule has 0 amide bonds. The van der Waals surface area contributed by atoms with Crippen LogP contribution >= 0.6 is 0 Å². The molecule has 0 radical (unpaired) electrons. The second-order valence-corrected chi connectivity index (χ2v) is 3.83. The van der Waals surface area contributed by atoms with E-state index in [1.807, 2.05) is 0 Å². The number of unbranched alkanes of at least 4 members (excludes halogenated alkanes) is 3. The summed E-state index contributed by atoms with van der Waals surface area (Å²) in [5.74, 6) is 0.141. The Kier molecular flexibility index (Phi) is 5.01. The highest BCUT2D eigenvalue weighted by Crippen LogP contribution is 2.15. The Bertz CT molecular complexity index is 282. The molecule has 15 heavy (non-hydrogen) atoms. The lowest BCUT2D eigenvalue weighted by molar-refractivity contribution is -0.120. The summed E-state index contributed by atoms with van der Waals surface area (Å²) < 4.78 is 0. The minimum absolute atomic E-state index is 0.141. The smallest absolute Gasteiger partial charge is 0.156 e. The molecule has 0 spiro atoms. The first kappa shape index (κ1) is 11.9. The molecule has 0 fully saturated rings. The van der Waals surface area contributed by atoms with Crippen LogP contribution in [0.5, 0.6) is 0 Å². The van der Waals surface area contributed by atoms with Crippen LogP contribution in [0.15, 0.2) is 12.4 Å². The SMILES string of the molecule is CCCCCCC(C(C)=O)n1nccn1. The van der Waals surface area contributed by atoms with Crippen LogP contribution in [0.4, 0.5) is 0 Å². The van der Waals surface area contributed by atoms with Crippen molar-refractivity contribution < 1.29 is 4.79 Å². The molecule has 0 bridgehead atoms. The highest BCUT2D eigenvalue weighted by Gasteiger charge is 2.16. The van der Waals surface area contributed by atoms with Crippen LogP contribution in [0.25, 0.3) is 0 Å². The topological polar surface area (TPSA) is 47.8 Å². The minimum Gasteiger partial charge on any atom is -0.298 e. The second-order valence-electron chi connectivity index (χ2n) is 3.83. The van der Waals surface area contributed by atoms with Crippen LogP contribution < -0.4 is 0 Å². The minimum atomic E-state index is -0.170. The summed E-state index contributed by atoms with van der Waals surface area (Å²) in [6, 6.07) is -0.170. The first-order valence-electron chi connectivity index (χ1n) is 5.62. The number of carbonyl (C=O) groups excluding carboxylic acids is 1. The zero-order valence-corrected chi connectivity index (χ0v) is 9.52. The van der Waals surface area contributed by atoms with Crippen LogP contribution in [0.3, 0.4) is 0 Å². The van der Waals surface area contributed by atoms with Crippen molar-refractivity contribution in [2.24, 2.45) is 0 Å². The Morgan fingerprint density at radius 3 is 2.47 bits per heavy atom. The molecule has 4 nitrogen and oxygen atoms in total. The van der Waals surface area contributed by atoms with Gasteiger partial charge >= 0.3 is 0 Å². The van der Waals surface area contributed by atoms with Gasteiger partial charge in [0, 0.05) is 0 Å². The number of nitrogens with zero attached hydrogens (tertiary/aromatic N) is 3. The van der Waals surface area contributed by atoms with Crippen molar-refractivity contribution in [3.05, 3.63) is 12.4 Å². The average Bonchev–Trinajstić information content (AvgIpc) is 2.70. The Balaban J connectivity index is 2.42. The van der Waals surface area contributed by atoms with Gasteiger partial charge in [-0.1, -0.05) is 32.6 Å². The van der Waals surface area contributed by atoms with Crippen molar-refractivity contribution in [1.29, 1.82) is 0 Å². The molecular weight excluding hydrogens is 190 g/mol. The third kappa shape index (κ3) is 3.81. The number of carbonyl (C=O) groups is 1. The van der Waals surface area contributed by atoms with Crippen LogP contribution in [0.2, 0.25) is 0 Å². The molecule has 1 rings (SSSR count). The maximum Gasteiger partial charge on any atom is 0.156 e. The monoisotopic (exact) mass is 209 g/mol. The van der Waals surface area contributed by atoms with E-state index in [1.165, 1.54) is 24.1 Å². The van der Waals surface area contributed by atoms with Crippen molar-refractivity contribution in [3.63, 3.8) is 0 Å². The zero-order valence-electron chi connectivity index (χ0n) is 9.52. The van der Waals surface area contributed by atoms with Crippen LogP contribution in [-0.4, -0.2) is 20.8 Å². The van der Waals surface area contributed by atoms with Gasteiger partial charge in [-0.05, 0) is 13.3 Å². The van der Waals surface area contributed by atoms with Gasteiger partial charge in [0.1, 0.15) is 6.04 Å². The molecule has 0 saturated heterocycles. The Morgan fingerprint density at radius 2 is 1.93 bits per heavy atom. The highest BCUT2D eigenvalue weighted by molar-refractivity contribution is 5.79. The molecule has 1 aromatic heterocycles. The number of hydrogen-bond donors (Lipinski definition) is 0. The van der Waals surface area contributed by atoms with E-state index >= 15 is 0 Å². The van der Waals surface area contributed by atoms with Gasteiger partial charge in [-0.3, -0.25) is 4.79 Å². The summed E-state index contributed by atoms with van der Waals surface area (Å²) in [5, 5.41) is 8.04. The summed E-state index contributed by atoms with van der Waals surface area (Å²) in [5.41, 5.74) is 0. The van der Waals surface area contributed by atoms with Crippen molar-refractivity contribution in [2.75, 3.05) is 0 Å². The van der Waals surface area contributed by atoms with E-state index in [4.69, 9.17) is 0 Å². The summed E-state index contributed by atoms with van der Waals surface area (Å²) in [6.07, 6.45) is 8.77. The molecule has 84 valence electrons. The van der Waals surface area contributed by atoms with Gasteiger partial charge in [-0.25, -0.2) is 0 Å². The van der Waals surface area contributed by atoms with E-state index in [2.05, 4.69) is 17.1 Å². The fraction of sp³-hybridized carbons (Fsp3) is 0.727. The lowest BCUT2D eigenvalue weighted by Crippen LogP contribution is -2.19. The maximum atomic E-state index is 11.4. The summed E-state index contributed by atoms with van der Waals surface area (Å²) in [7, 11) is 0. The van der Waals surface area contributed by atoms with Crippen molar-refractivity contribution in [1.82, 2.24) is 15.0 Å². The Labute approximate surface area is 90.7 Å². The first-order valence-corrected chi connectivity index (χ1v) is 5.62. The van der Waals surface area contributed by atoms with Gasteiger partial charge in [0.25, 0.3) is 0 Å². The van der Waals surface area contributed by atoms with Gasteiger partial charge < -0.3 is 0 Å². The summed E-state index contributed by atoms with van der Waals surface area (Å²) >= 11 is 0. The molecule has 0 N–H and O–H groups in total. The average molecular weight is 209 g/mol. The lowest BCUT2D eigenvalue weighted by Gasteiger charge is -2.12. The number of rotatable bonds is 7. The van der Waals surface area contributed by atoms with E-state index in [0.29, 0.717) is 0 Å². The highest BCUT2D eigenvalue weighted by atomic mass is 16.1. The number of Topliss-reactive ketones (excluding diaryl/α,β-unsaturated/α-hetero) is 1. The summed E-state index contributed by atoms with van der Waals surface area (Å²) in [4.78, 5) is 12.9. The molecule has 4 heteroatoms. The Morgan fingerprint density at radius 1 is 1.27 bits per heavy atom. The number of hydrogen-bond acceptors (Lipinski definition) is 3. The number of ketones is 1. The second kappa shape index (κ2) is 6.32. The fourth-order valence-corrected chi connectivity index (χ4v) is 1.63. The van der Waals surface area contributed by atoms with Gasteiger partial charge in [0.15, 0.2) is 5.78 Å². The molecule has 0 saturated carbocycles. The molecule has 1 unspecified atom stereocenters. The van der Waals surface area contributed by atoms with E-state index in [9.17, 15) is 4.79 Å². The van der Waals surface area contributed by atoms with E-state index in [1.54, 1.807) is 19.3 Å². The predicted molar refractivity (Wildman–Crippen MR) is 58.5 cm³/mol. The lowest BCUT2D eigenvalue weighted by atomic mass is 10.1. The van der Waals surface area contributed by atoms with Crippen molar-refractivity contribution in [3.8, 4) is 0 Å². The van der Waals surface area contributed by atoms with Gasteiger partial charge in [0.05, 0.1) is 12.4 Å². The maximum absolute atomic E-state index is 11.4. The zero-order chi connectivity index (χ0) is 11.1. The molecule has 0 aliphatic carbocycles. The normalized spacial score (nSPS) is 12.7. The number of aromatic nitrogens is 3.